The molecule has 4 nitrogen and oxygen atoms in total. The number of carbonyl (C=O) groups is 2. The van der Waals surface area contributed by atoms with Gasteiger partial charge in [0.2, 0.25) is 11.8 Å². The molecule has 0 N–H and O–H groups in total. The number of anilines is 1. The van der Waals surface area contributed by atoms with Crippen molar-refractivity contribution in [3.63, 3.8) is 0 Å². The predicted octanol–water partition coefficient (Wildman–Crippen LogP) is 2.79. The van der Waals surface area contributed by atoms with Crippen LogP contribution in [0.1, 0.15) is 44.6 Å². The number of hydrogen-bond donors (Lipinski definition) is 0. The zero-order chi connectivity index (χ0) is 15.7. The average molecular weight is 300 g/mol. The monoisotopic (exact) mass is 300 g/mol. The minimum absolute atomic E-state index is 0.0500. The second kappa shape index (κ2) is 6.11. The van der Waals surface area contributed by atoms with E-state index < -0.39 is 0 Å². The van der Waals surface area contributed by atoms with Gasteiger partial charge in [-0.1, -0.05) is 25.1 Å². The lowest BCUT2D eigenvalue weighted by atomic mass is 9.95. The Morgan fingerprint density at radius 2 is 2.00 bits per heavy atom. The Morgan fingerprint density at radius 1 is 1.23 bits per heavy atom. The molecular weight excluding hydrogens is 276 g/mol. The van der Waals surface area contributed by atoms with Gasteiger partial charge in [0.25, 0.3) is 0 Å². The first-order chi connectivity index (χ1) is 10.6. The molecule has 2 atom stereocenters. The molecule has 2 heterocycles. The highest BCUT2D eigenvalue weighted by Crippen LogP contribution is 2.38. The maximum Gasteiger partial charge on any atom is 0.223 e. The summed E-state index contributed by atoms with van der Waals surface area (Å²) in [5, 5.41) is 0. The lowest BCUT2D eigenvalue weighted by molar-refractivity contribution is -0.133. The maximum atomic E-state index is 12.6. The third kappa shape index (κ3) is 2.87. The van der Waals surface area contributed by atoms with Gasteiger partial charge in [-0.05, 0) is 30.4 Å². The largest absolute Gasteiger partial charge is 0.342 e. The van der Waals surface area contributed by atoms with Crippen molar-refractivity contribution in [2.45, 2.75) is 39.0 Å². The Kier molecular flexibility index (Phi) is 4.19. The highest BCUT2D eigenvalue weighted by atomic mass is 16.2. The summed E-state index contributed by atoms with van der Waals surface area (Å²) in [6.07, 6.45) is 2.83. The number of likely N-dealkylation sites (tertiary alicyclic amines) is 1. The summed E-state index contributed by atoms with van der Waals surface area (Å²) in [5.41, 5.74) is 2.11. The van der Waals surface area contributed by atoms with Crippen molar-refractivity contribution in [1.82, 2.24) is 4.90 Å². The predicted molar refractivity (Wildman–Crippen MR) is 86.8 cm³/mol. The summed E-state index contributed by atoms with van der Waals surface area (Å²) in [7, 11) is 0. The summed E-state index contributed by atoms with van der Waals surface area (Å²) in [6.45, 7) is 6.19. The highest BCUT2D eigenvalue weighted by Gasteiger charge is 2.33. The molecule has 1 aromatic carbocycles. The molecule has 3 rings (SSSR count). The Labute approximate surface area is 132 Å². The molecule has 0 radical (unpaired) electrons. The van der Waals surface area contributed by atoms with Crippen molar-refractivity contribution in [1.29, 1.82) is 0 Å². The van der Waals surface area contributed by atoms with Gasteiger partial charge in [0, 0.05) is 44.6 Å². The molecule has 2 unspecified atom stereocenters. The molecule has 118 valence electrons. The normalized spacial score (nSPS) is 24.3. The number of piperidine rings is 1. The lowest BCUT2D eigenvalue weighted by Crippen LogP contribution is -2.40. The standard InChI is InChI=1S/C18H24N2O2/c1-13-6-5-9-19(11-13)18(22)10-15-12-20(14(2)21)17-8-4-3-7-16(15)17/h3-4,7-8,13,15H,5-6,9-12H2,1-2H3. The van der Waals surface area contributed by atoms with Gasteiger partial charge in [-0.3, -0.25) is 9.59 Å². The summed E-state index contributed by atoms with van der Waals surface area (Å²) in [6, 6.07) is 7.97. The summed E-state index contributed by atoms with van der Waals surface area (Å²) in [5.74, 6) is 1.01. The van der Waals surface area contributed by atoms with Crippen molar-refractivity contribution < 1.29 is 9.59 Å². The summed E-state index contributed by atoms with van der Waals surface area (Å²) >= 11 is 0. The SMILES string of the molecule is CC(=O)N1CC(CC(=O)N2CCCC(C)C2)c2ccccc21. The highest BCUT2D eigenvalue weighted by molar-refractivity contribution is 5.94. The molecule has 2 aliphatic rings. The molecular formula is C18H24N2O2. The van der Waals surface area contributed by atoms with Crippen molar-refractivity contribution in [3.05, 3.63) is 29.8 Å². The number of benzene rings is 1. The minimum Gasteiger partial charge on any atom is -0.342 e. The first-order valence-electron chi connectivity index (χ1n) is 8.21. The molecule has 0 saturated carbocycles. The van der Waals surface area contributed by atoms with Crippen LogP contribution in [-0.2, 0) is 9.59 Å². The van der Waals surface area contributed by atoms with Gasteiger partial charge in [0.05, 0.1) is 0 Å². The van der Waals surface area contributed by atoms with Crippen LogP contribution in [0.3, 0.4) is 0 Å². The second-order valence-electron chi connectivity index (χ2n) is 6.68. The third-order valence-electron chi connectivity index (χ3n) is 4.88. The number of carbonyl (C=O) groups excluding carboxylic acids is 2. The fourth-order valence-electron chi connectivity index (χ4n) is 3.72. The Balaban J connectivity index is 1.73. The topological polar surface area (TPSA) is 40.6 Å². The van der Waals surface area contributed by atoms with E-state index in [4.69, 9.17) is 0 Å². The van der Waals surface area contributed by atoms with Gasteiger partial charge >= 0.3 is 0 Å². The molecule has 1 saturated heterocycles. The van der Waals surface area contributed by atoms with Gasteiger partial charge in [-0.25, -0.2) is 0 Å². The van der Waals surface area contributed by atoms with E-state index in [0.717, 1.165) is 30.8 Å². The maximum absolute atomic E-state index is 12.6. The van der Waals surface area contributed by atoms with Crippen molar-refractivity contribution in [2.75, 3.05) is 24.5 Å². The summed E-state index contributed by atoms with van der Waals surface area (Å²) < 4.78 is 0. The number of rotatable bonds is 2. The van der Waals surface area contributed by atoms with Crippen LogP contribution in [0.5, 0.6) is 0 Å². The van der Waals surface area contributed by atoms with Gasteiger partial charge in [-0.15, -0.1) is 0 Å². The molecule has 1 aromatic rings. The Hall–Kier alpha value is -1.84. The van der Waals surface area contributed by atoms with Crippen LogP contribution in [0.4, 0.5) is 5.69 Å². The van der Waals surface area contributed by atoms with Gasteiger partial charge in [0.15, 0.2) is 0 Å². The second-order valence-corrected chi connectivity index (χ2v) is 6.68. The zero-order valence-corrected chi connectivity index (χ0v) is 13.4. The van der Waals surface area contributed by atoms with Crippen molar-refractivity contribution in [2.24, 2.45) is 5.92 Å². The van der Waals surface area contributed by atoms with Crippen molar-refractivity contribution >= 4 is 17.5 Å². The molecule has 1 fully saturated rings. The fraction of sp³-hybridized carbons (Fsp3) is 0.556. The van der Waals surface area contributed by atoms with Crippen LogP contribution in [0.2, 0.25) is 0 Å². The van der Waals surface area contributed by atoms with Crippen LogP contribution in [0.15, 0.2) is 24.3 Å². The fourth-order valence-corrected chi connectivity index (χ4v) is 3.72. The number of hydrogen-bond acceptors (Lipinski definition) is 2. The smallest absolute Gasteiger partial charge is 0.223 e. The molecule has 22 heavy (non-hydrogen) atoms. The summed E-state index contributed by atoms with van der Waals surface area (Å²) in [4.78, 5) is 28.2. The Morgan fingerprint density at radius 3 is 2.73 bits per heavy atom. The average Bonchev–Trinajstić information content (AvgIpc) is 2.86. The third-order valence-corrected chi connectivity index (χ3v) is 4.88. The van der Waals surface area contributed by atoms with Gasteiger partial charge in [0.1, 0.15) is 0 Å². The quantitative estimate of drug-likeness (QED) is 0.842. The lowest BCUT2D eigenvalue weighted by Gasteiger charge is -2.31. The number of amides is 2. The van der Waals surface area contributed by atoms with Crippen LogP contribution < -0.4 is 4.90 Å². The van der Waals surface area contributed by atoms with E-state index in [0.29, 0.717) is 18.9 Å². The molecule has 0 spiro atoms. The van der Waals surface area contributed by atoms with Crippen LogP contribution >= 0.6 is 0 Å². The Bertz CT molecular complexity index is 584. The molecule has 2 amide bonds. The van der Waals surface area contributed by atoms with Crippen LogP contribution in [-0.4, -0.2) is 36.3 Å². The minimum atomic E-state index is 0.0500. The van der Waals surface area contributed by atoms with Gasteiger partial charge < -0.3 is 9.80 Å². The van der Waals surface area contributed by atoms with Crippen LogP contribution in [0.25, 0.3) is 0 Å². The number of nitrogens with zero attached hydrogens (tertiary/aromatic N) is 2. The first-order valence-corrected chi connectivity index (χ1v) is 8.21. The first kappa shape index (κ1) is 15.1. The molecule has 2 aliphatic heterocycles. The molecule has 0 bridgehead atoms. The van der Waals surface area contributed by atoms with Crippen LogP contribution in [0, 0.1) is 5.92 Å². The van der Waals surface area contributed by atoms with Crippen molar-refractivity contribution in [3.8, 4) is 0 Å². The molecule has 4 heteroatoms. The number of fused-ring (bicyclic) bond motifs is 1. The zero-order valence-electron chi connectivity index (χ0n) is 13.4. The van der Waals surface area contributed by atoms with E-state index in [1.54, 1.807) is 11.8 Å². The van der Waals surface area contributed by atoms with E-state index in [-0.39, 0.29) is 17.7 Å². The molecule has 0 aliphatic carbocycles. The van der Waals surface area contributed by atoms with E-state index >= 15 is 0 Å². The van der Waals surface area contributed by atoms with Gasteiger partial charge in [-0.2, -0.15) is 0 Å². The van der Waals surface area contributed by atoms with E-state index in [1.807, 2.05) is 23.1 Å². The van der Waals surface area contributed by atoms with E-state index in [9.17, 15) is 9.59 Å². The van der Waals surface area contributed by atoms with E-state index in [1.165, 1.54) is 6.42 Å². The molecule has 0 aromatic heterocycles. The van der Waals surface area contributed by atoms with E-state index in [2.05, 4.69) is 13.0 Å². The number of para-hydroxylation sites is 1.